The first-order valence-corrected chi connectivity index (χ1v) is 7.08. The predicted molar refractivity (Wildman–Crippen MR) is 73.6 cm³/mol. The van der Waals surface area contributed by atoms with Crippen LogP contribution in [0, 0.1) is 0 Å². The van der Waals surface area contributed by atoms with E-state index >= 15 is 0 Å². The monoisotopic (exact) mass is 304 g/mol. The van der Waals surface area contributed by atoms with Gasteiger partial charge in [-0.2, -0.15) is 0 Å². The summed E-state index contributed by atoms with van der Waals surface area (Å²) >= 11 is 5.14. The molecule has 0 saturated heterocycles. The van der Waals surface area contributed by atoms with Crippen LogP contribution in [0.2, 0.25) is 0 Å². The summed E-state index contributed by atoms with van der Waals surface area (Å²) in [7, 11) is 0. The molecule has 0 amide bonds. The van der Waals surface area contributed by atoms with Crippen LogP contribution in [-0.2, 0) is 5.75 Å². The van der Waals surface area contributed by atoms with Crippen molar-refractivity contribution in [3.05, 3.63) is 63.6 Å². The highest BCUT2D eigenvalue weighted by Crippen LogP contribution is 2.34. The number of fused-ring (bicyclic) bond motifs is 2. The molecule has 0 aromatic heterocycles. The average Bonchev–Trinajstić information content (AvgIpc) is 2.49. The van der Waals surface area contributed by atoms with E-state index in [0.29, 0.717) is 0 Å². The summed E-state index contributed by atoms with van der Waals surface area (Å²) < 4.78 is 0.949. The summed E-state index contributed by atoms with van der Waals surface area (Å²) in [5.74, 6) is 0.984. The van der Waals surface area contributed by atoms with Crippen LogP contribution in [-0.4, -0.2) is 5.78 Å². The molecule has 0 radical (unpaired) electrons. The van der Waals surface area contributed by atoms with Crippen molar-refractivity contribution >= 4 is 33.5 Å². The third-order valence-corrected chi connectivity index (χ3v) is 4.45. The molecule has 0 unspecified atom stereocenters. The summed E-state index contributed by atoms with van der Waals surface area (Å²) in [6, 6.07) is 13.7. The van der Waals surface area contributed by atoms with E-state index in [2.05, 4.69) is 15.9 Å². The van der Waals surface area contributed by atoms with Crippen molar-refractivity contribution in [1.29, 1.82) is 0 Å². The molecule has 1 aliphatic heterocycles. The lowest BCUT2D eigenvalue weighted by Crippen LogP contribution is -2.03. The number of rotatable bonds is 0. The van der Waals surface area contributed by atoms with Gasteiger partial charge in [0.05, 0.1) is 0 Å². The number of carbonyl (C=O) groups is 1. The normalized spacial score (nSPS) is 13.8. The van der Waals surface area contributed by atoms with Gasteiger partial charge in [0.25, 0.3) is 0 Å². The second-order valence-electron chi connectivity index (χ2n) is 3.92. The van der Waals surface area contributed by atoms with E-state index in [-0.39, 0.29) is 5.78 Å². The first kappa shape index (κ1) is 11.1. The van der Waals surface area contributed by atoms with Gasteiger partial charge < -0.3 is 0 Å². The van der Waals surface area contributed by atoms with Crippen molar-refractivity contribution in [1.82, 2.24) is 0 Å². The smallest absolute Gasteiger partial charge is 0.194 e. The van der Waals surface area contributed by atoms with Gasteiger partial charge in [0.15, 0.2) is 5.78 Å². The SMILES string of the molecule is O=C1c2ccccc2CSc2ccc(Br)cc21. The van der Waals surface area contributed by atoms with Crippen molar-refractivity contribution < 1.29 is 4.79 Å². The van der Waals surface area contributed by atoms with Gasteiger partial charge in [0.2, 0.25) is 0 Å². The van der Waals surface area contributed by atoms with Gasteiger partial charge in [-0.05, 0) is 23.8 Å². The summed E-state index contributed by atoms with van der Waals surface area (Å²) in [6.07, 6.45) is 0. The van der Waals surface area contributed by atoms with Gasteiger partial charge in [0, 0.05) is 26.2 Å². The van der Waals surface area contributed by atoms with E-state index in [0.717, 1.165) is 31.8 Å². The highest BCUT2D eigenvalue weighted by Gasteiger charge is 2.21. The molecule has 2 aromatic rings. The van der Waals surface area contributed by atoms with Gasteiger partial charge in [-0.3, -0.25) is 4.79 Å². The molecule has 17 heavy (non-hydrogen) atoms. The lowest BCUT2D eigenvalue weighted by Gasteiger charge is -2.04. The number of ketones is 1. The van der Waals surface area contributed by atoms with Crippen LogP contribution in [0.15, 0.2) is 51.8 Å². The maximum Gasteiger partial charge on any atom is 0.194 e. The molecule has 3 rings (SSSR count). The second-order valence-corrected chi connectivity index (χ2v) is 5.85. The Hall–Kier alpha value is -1.06. The van der Waals surface area contributed by atoms with Gasteiger partial charge in [-0.25, -0.2) is 0 Å². The molecule has 0 fully saturated rings. The topological polar surface area (TPSA) is 17.1 Å². The molecule has 3 heteroatoms. The first-order valence-electron chi connectivity index (χ1n) is 5.30. The molecule has 0 N–H and O–H groups in total. The maximum absolute atomic E-state index is 12.4. The Balaban J connectivity index is 2.22. The highest BCUT2D eigenvalue weighted by molar-refractivity contribution is 9.10. The van der Waals surface area contributed by atoms with E-state index in [9.17, 15) is 4.79 Å². The quantitative estimate of drug-likeness (QED) is 0.722. The Morgan fingerprint density at radius 1 is 1.06 bits per heavy atom. The third-order valence-electron chi connectivity index (χ3n) is 2.83. The lowest BCUT2D eigenvalue weighted by molar-refractivity contribution is 0.103. The maximum atomic E-state index is 12.4. The zero-order valence-electron chi connectivity index (χ0n) is 8.94. The van der Waals surface area contributed by atoms with Crippen molar-refractivity contribution in [3.8, 4) is 0 Å². The predicted octanol–water partition coefficient (Wildman–Crippen LogP) is 4.29. The molecule has 1 nitrogen and oxygen atoms in total. The van der Waals surface area contributed by atoms with E-state index in [1.54, 1.807) is 11.8 Å². The molecular formula is C14H9BrOS. The summed E-state index contributed by atoms with van der Waals surface area (Å²) in [5, 5.41) is 0. The largest absolute Gasteiger partial charge is 0.289 e. The van der Waals surface area contributed by atoms with E-state index in [4.69, 9.17) is 0 Å². The summed E-state index contributed by atoms with van der Waals surface area (Å²) in [6.45, 7) is 0. The molecule has 0 bridgehead atoms. The first-order chi connectivity index (χ1) is 8.25. The lowest BCUT2D eigenvalue weighted by atomic mass is 9.99. The van der Waals surface area contributed by atoms with Gasteiger partial charge >= 0.3 is 0 Å². The molecule has 0 aliphatic carbocycles. The molecule has 0 saturated carbocycles. The number of hydrogen-bond acceptors (Lipinski definition) is 2. The fourth-order valence-corrected chi connectivity index (χ4v) is 3.37. The standard InChI is InChI=1S/C14H9BrOS/c15-10-5-6-13-12(7-10)14(16)11-4-2-1-3-9(11)8-17-13/h1-7H,8H2. The molecule has 2 aromatic carbocycles. The molecule has 0 atom stereocenters. The molecule has 84 valence electrons. The fraction of sp³-hybridized carbons (Fsp3) is 0.0714. The van der Waals surface area contributed by atoms with Gasteiger partial charge in [-0.15, -0.1) is 11.8 Å². The minimum atomic E-state index is 0.127. The molecule has 1 heterocycles. The number of carbonyl (C=O) groups excluding carboxylic acids is 1. The Kier molecular flexibility index (Phi) is 2.81. The summed E-state index contributed by atoms with van der Waals surface area (Å²) in [5.41, 5.74) is 2.75. The van der Waals surface area contributed by atoms with Crippen LogP contribution in [0.25, 0.3) is 0 Å². The Bertz CT molecular complexity index is 607. The molecule has 1 aliphatic rings. The number of halogens is 1. The van der Waals surface area contributed by atoms with E-state index in [1.807, 2.05) is 42.5 Å². The zero-order chi connectivity index (χ0) is 11.8. The van der Waals surface area contributed by atoms with Crippen molar-refractivity contribution in [2.24, 2.45) is 0 Å². The molecular weight excluding hydrogens is 296 g/mol. The van der Waals surface area contributed by atoms with Crippen LogP contribution < -0.4 is 0 Å². The van der Waals surface area contributed by atoms with Gasteiger partial charge in [0.1, 0.15) is 0 Å². The van der Waals surface area contributed by atoms with Crippen molar-refractivity contribution in [2.45, 2.75) is 10.6 Å². The number of hydrogen-bond donors (Lipinski definition) is 0. The van der Waals surface area contributed by atoms with E-state index in [1.165, 1.54) is 0 Å². The average molecular weight is 305 g/mol. The number of benzene rings is 2. The zero-order valence-corrected chi connectivity index (χ0v) is 11.3. The van der Waals surface area contributed by atoms with Crippen LogP contribution >= 0.6 is 27.7 Å². The van der Waals surface area contributed by atoms with Gasteiger partial charge in [-0.1, -0.05) is 40.2 Å². The van der Waals surface area contributed by atoms with Crippen LogP contribution in [0.1, 0.15) is 21.5 Å². The minimum Gasteiger partial charge on any atom is -0.289 e. The molecule has 0 spiro atoms. The Morgan fingerprint density at radius 2 is 1.88 bits per heavy atom. The second kappa shape index (κ2) is 4.31. The Morgan fingerprint density at radius 3 is 2.76 bits per heavy atom. The van der Waals surface area contributed by atoms with Crippen molar-refractivity contribution in [2.75, 3.05) is 0 Å². The summed E-state index contributed by atoms with van der Waals surface area (Å²) in [4.78, 5) is 13.5. The number of thioether (sulfide) groups is 1. The third kappa shape index (κ3) is 1.94. The van der Waals surface area contributed by atoms with Crippen LogP contribution in [0.4, 0.5) is 0 Å². The van der Waals surface area contributed by atoms with Crippen LogP contribution in [0.5, 0.6) is 0 Å². The fourth-order valence-electron chi connectivity index (χ4n) is 1.97. The highest BCUT2D eigenvalue weighted by atomic mass is 79.9. The Labute approximate surface area is 112 Å². The minimum absolute atomic E-state index is 0.127. The van der Waals surface area contributed by atoms with Crippen molar-refractivity contribution in [3.63, 3.8) is 0 Å². The van der Waals surface area contributed by atoms with E-state index < -0.39 is 0 Å². The van der Waals surface area contributed by atoms with Crippen LogP contribution in [0.3, 0.4) is 0 Å².